The van der Waals surface area contributed by atoms with Crippen LogP contribution in [-0.4, -0.2) is 51.8 Å². The van der Waals surface area contributed by atoms with E-state index in [-0.39, 0.29) is 11.7 Å². The molecule has 1 aromatic carbocycles. The minimum absolute atomic E-state index is 0.00827. The molecule has 4 aromatic rings. The van der Waals surface area contributed by atoms with Crippen LogP contribution in [0.3, 0.4) is 0 Å². The molecule has 3 aromatic heterocycles. The Hall–Kier alpha value is -2.68. The second kappa shape index (κ2) is 8.35. The Morgan fingerprint density at radius 1 is 1.09 bits per heavy atom. The summed E-state index contributed by atoms with van der Waals surface area (Å²) in [6.45, 7) is 4.30. The van der Waals surface area contributed by atoms with E-state index < -0.39 is 0 Å². The number of thiophene rings is 1. The second-order valence-electron chi connectivity index (χ2n) is 7.54. The summed E-state index contributed by atoms with van der Waals surface area (Å²) >= 11 is 13.6. The van der Waals surface area contributed by atoms with Crippen molar-refractivity contribution in [2.45, 2.75) is 6.92 Å². The average molecular weight is 490 g/mol. The van der Waals surface area contributed by atoms with Crippen molar-refractivity contribution in [2.24, 2.45) is 0 Å². The van der Waals surface area contributed by atoms with Gasteiger partial charge >= 0.3 is 0 Å². The average Bonchev–Trinajstić information content (AvgIpc) is 3.35. The van der Waals surface area contributed by atoms with Crippen molar-refractivity contribution in [1.82, 2.24) is 19.7 Å². The SMILES string of the molecule is Cc1nn(-c2ccc(F)cc2)c2sc(C(=O)N3CCN(c4ncc(Cl)cc4Cl)CC3)cc12. The smallest absolute Gasteiger partial charge is 0.264 e. The van der Waals surface area contributed by atoms with Crippen molar-refractivity contribution in [2.75, 3.05) is 31.1 Å². The molecule has 10 heteroatoms. The number of anilines is 1. The lowest BCUT2D eigenvalue weighted by atomic mass is 10.2. The molecule has 1 aliphatic rings. The molecule has 0 saturated carbocycles. The number of amides is 1. The fourth-order valence-electron chi connectivity index (χ4n) is 3.83. The third kappa shape index (κ3) is 3.83. The van der Waals surface area contributed by atoms with Crippen molar-refractivity contribution in [3.63, 3.8) is 0 Å². The van der Waals surface area contributed by atoms with E-state index in [0.29, 0.717) is 46.9 Å². The first-order valence-electron chi connectivity index (χ1n) is 10.0. The van der Waals surface area contributed by atoms with E-state index in [1.54, 1.807) is 29.1 Å². The predicted octanol–water partition coefficient (Wildman–Crippen LogP) is 5.20. The van der Waals surface area contributed by atoms with E-state index in [9.17, 15) is 9.18 Å². The first kappa shape index (κ1) is 21.2. The van der Waals surface area contributed by atoms with Crippen LogP contribution in [0.25, 0.3) is 15.9 Å². The first-order valence-corrected chi connectivity index (χ1v) is 11.6. The number of halogens is 3. The molecular weight excluding hydrogens is 472 g/mol. The summed E-state index contributed by atoms with van der Waals surface area (Å²) in [7, 11) is 0. The number of benzene rings is 1. The highest BCUT2D eigenvalue weighted by molar-refractivity contribution is 7.20. The van der Waals surface area contributed by atoms with Gasteiger partial charge in [0.1, 0.15) is 16.5 Å². The van der Waals surface area contributed by atoms with Crippen LogP contribution in [0.5, 0.6) is 0 Å². The molecule has 6 nitrogen and oxygen atoms in total. The topological polar surface area (TPSA) is 54.3 Å². The van der Waals surface area contributed by atoms with Gasteiger partial charge in [-0.1, -0.05) is 23.2 Å². The highest BCUT2D eigenvalue weighted by atomic mass is 35.5. The summed E-state index contributed by atoms with van der Waals surface area (Å²) in [5.41, 5.74) is 1.58. The summed E-state index contributed by atoms with van der Waals surface area (Å²) in [5.74, 6) is 0.372. The zero-order valence-corrected chi connectivity index (χ0v) is 19.4. The normalized spacial score (nSPS) is 14.4. The van der Waals surface area contributed by atoms with Crippen LogP contribution in [-0.2, 0) is 0 Å². The third-order valence-electron chi connectivity index (χ3n) is 5.48. The Morgan fingerprint density at radius 3 is 2.50 bits per heavy atom. The molecule has 1 fully saturated rings. The number of pyridine rings is 1. The molecule has 1 saturated heterocycles. The van der Waals surface area contributed by atoms with Crippen LogP contribution in [0.2, 0.25) is 10.0 Å². The number of carbonyl (C=O) groups excluding carboxylic acids is 1. The fraction of sp³-hybridized carbons (Fsp3) is 0.227. The highest BCUT2D eigenvalue weighted by Crippen LogP contribution is 2.32. The van der Waals surface area contributed by atoms with E-state index in [0.717, 1.165) is 21.6 Å². The first-order chi connectivity index (χ1) is 15.4. The molecule has 32 heavy (non-hydrogen) atoms. The van der Waals surface area contributed by atoms with E-state index in [1.807, 2.05) is 17.9 Å². The van der Waals surface area contributed by atoms with Crippen LogP contribution in [0.1, 0.15) is 15.4 Å². The van der Waals surface area contributed by atoms with Crippen molar-refractivity contribution in [3.8, 4) is 5.69 Å². The van der Waals surface area contributed by atoms with Gasteiger partial charge in [0.25, 0.3) is 5.91 Å². The zero-order chi connectivity index (χ0) is 22.4. The number of aromatic nitrogens is 3. The van der Waals surface area contributed by atoms with Gasteiger partial charge in [0.05, 0.1) is 26.3 Å². The molecule has 0 N–H and O–H groups in total. The molecule has 0 radical (unpaired) electrons. The molecular formula is C22H18Cl2FN5OS. The van der Waals surface area contributed by atoms with E-state index >= 15 is 0 Å². The molecule has 0 atom stereocenters. The number of hydrogen-bond acceptors (Lipinski definition) is 5. The summed E-state index contributed by atoms with van der Waals surface area (Å²) < 4.78 is 15.1. The van der Waals surface area contributed by atoms with Crippen LogP contribution < -0.4 is 4.90 Å². The van der Waals surface area contributed by atoms with Crippen LogP contribution in [0.4, 0.5) is 10.2 Å². The van der Waals surface area contributed by atoms with Crippen molar-refractivity contribution in [3.05, 3.63) is 69.0 Å². The Balaban J connectivity index is 1.35. The van der Waals surface area contributed by atoms with Gasteiger partial charge in [0.15, 0.2) is 0 Å². The van der Waals surface area contributed by atoms with Gasteiger partial charge in [0, 0.05) is 37.8 Å². The number of piperazine rings is 1. The Kier molecular flexibility index (Phi) is 5.53. The molecule has 5 rings (SSSR count). The zero-order valence-electron chi connectivity index (χ0n) is 17.1. The number of aryl methyl sites for hydroxylation is 1. The van der Waals surface area contributed by atoms with Crippen LogP contribution in [0.15, 0.2) is 42.6 Å². The predicted molar refractivity (Wildman–Crippen MR) is 126 cm³/mol. The lowest BCUT2D eigenvalue weighted by Gasteiger charge is -2.35. The van der Waals surface area contributed by atoms with Crippen molar-refractivity contribution < 1.29 is 9.18 Å². The maximum Gasteiger partial charge on any atom is 0.264 e. The van der Waals surface area contributed by atoms with Gasteiger partial charge < -0.3 is 9.80 Å². The summed E-state index contributed by atoms with van der Waals surface area (Å²) in [5, 5.41) is 6.49. The standard InChI is InChI=1S/C22H18Cl2FN5OS/c1-13-17-11-19(32-22(17)30(27-13)16-4-2-15(25)3-5-16)21(31)29-8-6-28(7-9-29)20-18(24)10-14(23)12-26-20/h2-5,10-12H,6-9H2,1H3. The number of hydrogen-bond donors (Lipinski definition) is 0. The van der Waals surface area contributed by atoms with Gasteiger partial charge in [-0.05, 0) is 43.3 Å². The quantitative estimate of drug-likeness (QED) is 0.396. The Morgan fingerprint density at radius 2 is 1.81 bits per heavy atom. The number of nitrogens with zero attached hydrogens (tertiary/aromatic N) is 5. The number of fused-ring (bicyclic) bond motifs is 1. The molecule has 0 unspecified atom stereocenters. The van der Waals surface area contributed by atoms with Gasteiger partial charge in [-0.25, -0.2) is 14.1 Å². The largest absolute Gasteiger partial charge is 0.352 e. The molecule has 4 heterocycles. The van der Waals surface area contributed by atoms with Crippen LogP contribution in [0, 0.1) is 12.7 Å². The fourth-order valence-corrected chi connectivity index (χ4v) is 5.48. The van der Waals surface area contributed by atoms with Gasteiger partial charge in [-0.15, -0.1) is 11.3 Å². The number of carbonyl (C=O) groups is 1. The van der Waals surface area contributed by atoms with E-state index in [4.69, 9.17) is 23.2 Å². The molecule has 0 spiro atoms. The van der Waals surface area contributed by atoms with Gasteiger partial charge in [-0.2, -0.15) is 5.10 Å². The molecule has 0 aliphatic carbocycles. The number of rotatable bonds is 3. The molecule has 1 amide bonds. The lowest BCUT2D eigenvalue weighted by Crippen LogP contribution is -2.49. The highest BCUT2D eigenvalue weighted by Gasteiger charge is 2.26. The monoisotopic (exact) mass is 489 g/mol. The maximum atomic E-state index is 13.3. The van der Waals surface area contributed by atoms with E-state index in [1.165, 1.54) is 23.5 Å². The molecule has 1 aliphatic heterocycles. The summed E-state index contributed by atoms with van der Waals surface area (Å²) in [6.07, 6.45) is 1.57. The molecule has 164 valence electrons. The Labute approximate surface area is 197 Å². The van der Waals surface area contributed by atoms with E-state index in [2.05, 4.69) is 15.0 Å². The Bertz CT molecular complexity index is 1310. The third-order valence-corrected chi connectivity index (χ3v) is 7.06. The maximum absolute atomic E-state index is 13.3. The van der Waals surface area contributed by atoms with Gasteiger partial charge in [0.2, 0.25) is 0 Å². The summed E-state index contributed by atoms with van der Waals surface area (Å²) in [4.78, 5) is 23.0. The summed E-state index contributed by atoms with van der Waals surface area (Å²) in [6, 6.07) is 9.73. The minimum Gasteiger partial charge on any atom is -0.352 e. The molecule has 0 bridgehead atoms. The van der Waals surface area contributed by atoms with Gasteiger partial charge in [-0.3, -0.25) is 4.79 Å². The van der Waals surface area contributed by atoms with Crippen molar-refractivity contribution in [1.29, 1.82) is 0 Å². The second-order valence-corrected chi connectivity index (χ2v) is 9.42. The van der Waals surface area contributed by atoms with Crippen LogP contribution >= 0.6 is 34.5 Å². The minimum atomic E-state index is -0.301. The van der Waals surface area contributed by atoms with Crippen molar-refractivity contribution >= 4 is 56.5 Å². The lowest BCUT2D eigenvalue weighted by molar-refractivity contribution is 0.0751.